The van der Waals surface area contributed by atoms with Gasteiger partial charge in [-0.2, -0.15) is 15.3 Å². The molecule has 2 aromatic carbocycles. The van der Waals surface area contributed by atoms with Crippen LogP contribution in [0.3, 0.4) is 0 Å². The highest BCUT2D eigenvalue weighted by atomic mass is 32.2. The Bertz CT molecular complexity index is 1340. The van der Waals surface area contributed by atoms with Crippen LogP contribution in [0.25, 0.3) is 0 Å². The van der Waals surface area contributed by atoms with Crippen molar-refractivity contribution in [1.29, 1.82) is 0 Å². The van der Waals surface area contributed by atoms with E-state index in [1.807, 2.05) is 0 Å². The van der Waals surface area contributed by atoms with E-state index < -0.39 is 20.9 Å². The van der Waals surface area contributed by atoms with Crippen molar-refractivity contribution in [2.24, 2.45) is 22.4 Å². The number of nitrogens with two attached hydrogens (primary N) is 1. The fraction of sp³-hybridized carbons (Fsp3) is 0.0625. The topological polar surface area (TPSA) is 161 Å². The van der Waals surface area contributed by atoms with E-state index in [0.717, 1.165) is 0 Å². The maximum atomic E-state index is 12.5. The molecule has 144 valence electrons. The van der Waals surface area contributed by atoms with Crippen molar-refractivity contribution in [2.45, 2.75) is 4.90 Å². The highest BCUT2D eigenvalue weighted by Gasteiger charge is 2.06. The van der Waals surface area contributed by atoms with E-state index in [9.17, 15) is 18.0 Å². The molecule has 0 atom stereocenters. The Morgan fingerprint density at radius 1 is 1.00 bits per heavy atom. The molecular formula is C16H15N7O4S. The third-order valence-electron chi connectivity index (χ3n) is 3.67. The second-order valence-electron chi connectivity index (χ2n) is 5.62. The summed E-state index contributed by atoms with van der Waals surface area (Å²) in [7, 11) is -2.12. The number of nitrogens with zero attached hydrogens (tertiary/aromatic N) is 4. The van der Waals surface area contributed by atoms with Crippen LogP contribution in [-0.4, -0.2) is 18.2 Å². The van der Waals surface area contributed by atoms with Gasteiger partial charge >= 0.3 is 0 Å². The summed E-state index contributed by atoms with van der Waals surface area (Å²) < 4.78 is 24.0. The van der Waals surface area contributed by atoms with Crippen molar-refractivity contribution >= 4 is 21.5 Å². The fourth-order valence-electron chi connectivity index (χ4n) is 2.18. The molecule has 0 bridgehead atoms. The van der Waals surface area contributed by atoms with Gasteiger partial charge in [-0.05, 0) is 36.4 Å². The molecule has 3 aromatic rings. The van der Waals surface area contributed by atoms with Crippen molar-refractivity contribution in [3.63, 3.8) is 0 Å². The molecule has 0 fully saturated rings. The van der Waals surface area contributed by atoms with Crippen molar-refractivity contribution in [1.82, 2.24) is 9.78 Å². The monoisotopic (exact) mass is 401 g/mol. The van der Waals surface area contributed by atoms with Crippen LogP contribution in [-0.2, 0) is 17.1 Å². The number of anilines is 2. The first-order valence-electron chi connectivity index (χ1n) is 7.81. The van der Waals surface area contributed by atoms with Gasteiger partial charge in [0.1, 0.15) is 11.2 Å². The second-order valence-corrected chi connectivity index (χ2v) is 7.18. The number of hydrogen-bond acceptors (Lipinski definition) is 9. The van der Waals surface area contributed by atoms with Crippen molar-refractivity contribution in [3.05, 3.63) is 79.8 Å². The minimum absolute atomic E-state index is 0.00840. The van der Waals surface area contributed by atoms with E-state index in [-0.39, 0.29) is 15.6 Å². The van der Waals surface area contributed by atoms with Gasteiger partial charge in [0, 0.05) is 13.1 Å². The summed E-state index contributed by atoms with van der Waals surface area (Å²) in [5.74, 6) is 0.553. The molecule has 12 heteroatoms. The summed E-state index contributed by atoms with van der Waals surface area (Å²) in [6.45, 7) is 0. The number of aryl methyl sites for hydroxylation is 1. The maximum Gasteiger partial charge on any atom is 0.238 e. The number of rotatable bonds is 5. The maximum absolute atomic E-state index is 12.5. The molecule has 0 saturated carbocycles. The smallest absolute Gasteiger partial charge is 0.238 e. The number of aromatic nitrogens is 2. The fourth-order valence-corrected chi connectivity index (χ4v) is 2.69. The van der Waals surface area contributed by atoms with Crippen molar-refractivity contribution in [2.75, 3.05) is 10.9 Å². The van der Waals surface area contributed by atoms with Gasteiger partial charge in [-0.3, -0.25) is 25.1 Å². The highest BCUT2D eigenvalue weighted by molar-refractivity contribution is 7.89. The number of sulfonamides is 1. The standard InChI is InChI=1S/C16H15N7O4S/c1-23-14(8-9-18-23)21-20-12-6-7-13(24)15(16(12)25)22-19-10-2-4-11(5-3-10)28(17,26)27/h2-9,19,21H,1H3,(H2,17,26,27)/b20-12+,22-15+. The van der Waals surface area contributed by atoms with Crippen molar-refractivity contribution < 1.29 is 8.42 Å². The van der Waals surface area contributed by atoms with Crippen LogP contribution in [0.4, 0.5) is 11.5 Å². The van der Waals surface area contributed by atoms with Crippen LogP contribution in [0.2, 0.25) is 0 Å². The van der Waals surface area contributed by atoms with E-state index in [0.29, 0.717) is 11.5 Å². The van der Waals surface area contributed by atoms with Crippen LogP contribution in [0.15, 0.2) is 73.3 Å². The number of hydrogen-bond donors (Lipinski definition) is 3. The Balaban J connectivity index is 1.92. The van der Waals surface area contributed by atoms with Gasteiger partial charge in [-0.1, -0.05) is 0 Å². The molecule has 11 nitrogen and oxygen atoms in total. The normalized spacial score (nSPS) is 12.9. The number of nitrogens with one attached hydrogen (secondary N) is 2. The third-order valence-corrected chi connectivity index (χ3v) is 4.59. The predicted octanol–water partition coefficient (Wildman–Crippen LogP) is -1.48. The molecule has 0 aliphatic rings. The number of primary sulfonamides is 1. The van der Waals surface area contributed by atoms with Crippen LogP contribution < -0.4 is 37.6 Å². The summed E-state index contributed by atoms with van der Waals surface area (Å²) in [6, 6.07) is 9.46. The van der Waals surface area contributed by atoms with E-state index in [2.05, 4.69) is 26.2 Å². The van der Waals surface area contributed by atoms with E-state index in [4.69, 9.17) is 5.14 Å². The lowest BCUT2D eigenvalue weighted by Gasteiger charge is -2.01. The van der Waals surface area contributed by atoms with Crippen LogP contribution in [0.5, 0.6) is 0 Å². The van der Waals surface area contributed by atoms with Gasteiger partial charge in [0.2, 0.25) is 20.9 Å². The molecule has 0 radical (unpaired) electrons. The largest absolute Gasteiger partial charge is 0.287 e. The van der Waals surface area contributed by atoms with E-state index >= 15 is 0 Å². The Labute approximate surface area is 158 Å². The lowest BCUT2D eigenvalue weighted by molar-refractivity contribution is 0.598. The van der Waals surface area contributed by atoms with Crippen LogP contribution in [0.1, 0.15) is 0 Å². The average Bonchev–Trinajstić information content (AvgIpc) is 3.05. The predicted molar refractivity (Wildman–Crippen MR) is 101 cm³/mol. The summed E-state index contributed by atoms with van der Waals surface area (Å²) in [5.41, 5.74) is 4.33. The lowest BCUT2D eigenvalue weighted by Crippen LogP contribution is -2.48. The second kappa shape index (κ2) is 7.54. The quantitative estimate of drug-likeness (QED) is 0.439. The molecule has 3 rings (SSSR count). The molecule has 1 aromatic heterocycles. The molecule has 0 aliphatic heterocycles. The summed E-state index contributed by atoms with van der Waals surface area (Å²) in [4.78, 5) is 24.4. The Morgan fingerprint density at radius 3 is 2.32 bits per heavy atom. The minimum atomic E-state index is -3.82. The SMILES string of the molecule is Cn1nccc1N/N=c1\ccc(=O)/c(=N\Nc2ccc(S(N)(=O)=O)cc2)c1=O. The van der Waals surface area contributed by atoms with Crippen molar-refractivity contribution in [3.8, 4) is 0 Å². The Kier molecular flexibility index (Phi) is 5.15. The zero-order chi connectivity index (χ0) is 20.3. The third kappa shape index (κ3) is 4.19. The minimum Gasteiger partial charge on any atom is -0.287 e. The number of benzene rings is 2. The summed E-state index contributed by atoms with van der Waals surface area (Å²) >= 11 is 0. The molecule has 0 saturated heterocycles. The van der Waals surface area contributed by atoms with Gasteiger partial charge in [0.15, 0.2) is 5.36 Å². The molecule has 0 spiro atoms. The molecule has 4 N–H and O–H groups in total. The van der Waals surface area contributed by atoms with Gasteiger partial charge in [0.25, 0.3) is 0 Å². The Hall–Kier alpha value is -3.64. The molecule has 0 aliphatic carbocycles. The molecule has 1 heterocycles. The van der Waals surface area contributed by atoms with Gasteiger partial charge in [-0.15, -0.1) is 0 Å². The van der Waals surface area contributed by atoms with Gasteiger partial charge in [0.05, 0.1) is 16.8 Å². The van der Waals surface area contributed by atoms with Crippen LogP contribution in [0, 0.1) is 0 Å². The average molecular weight is 401 g/mol. The molecule has 28 heavy (non-hydrogen) atoms. The summed E-state index contributed by atoms with van der Waals surface area (Å²) in [5, 5.41) is 16.4. The zero-order valence-electron chi connectivity index (χ0n) is 14.5. The lowest BCUT2D eigenvalue weighted by atomic mass is 10.3. The van der Waals surface area contributed by atoms with E-state index in [1.54, 1.807) is 19.3 Å². The first-order valence-corrected chi connectivity index (χ1v) is 9.36. The highest BCUT2D eigenvalue weighted by Crippen LogP contribution is 2.12. The zero-order valence-corrected chi connectivity index (χ0v) is 15.3. The molecule has 0 amide bonds. The van der Waals surface area contributed by atoms with Crippen LogP contribution >= 0.6 is 0 Å². The van der Waals surface area contributed by atoms with E-state index in [1.165, 1.54) is 41.1 Å². The van der Waals surface area contributed by atoms with Gasteiger partial charge < -0.3 is 0 Å². The van der Waals surface area contributed by atoms with Gasteiger partial charge in [-0.25, -0.2) is 13.6 Å². The molecule has 0 unspecified atom stereocenters. The first kappa shape index (κ1) is 19.1. The summed E-state index contributed by atoms with van der Waals surface area (Å²) in [6.07, 6.45) is 1.56. The molecular weight excluding hydrogens is 386 g/mol. The first-order chi connectivity index (χ1) is 13.3. The Morgan fingerprint density at radius 2 is 1.71 bits per heavy atom.